The molecule has 2 aromatic heterocycles. The zero-order chi connectivity index (χ0) is 22.8. The quantitative estimate of drug-likeness (QED) is 0.363. The monoisotopic (exact) mass is 451 g/mol. The lowest BCUT2D eigenvalue weighted by Gasteiger charge is -2.13. The van der Waals surface area contributed by atoms with Crippen molar-refractivity contribution in [1.29, 1.82) is 0 Å². The van der Waals surface area contributed by atoms with Crippen molar-refractivity contribution >= 4 is 28.9 Å². The van der Waals surface area contributed by atoms with Gasteiger partial charge in [0.2, 0.25) is 5.43 Å². The number of aromatic nitrogens is 5. The molecule has 4 rings (SSSR count). The minimum atomic E-state index is -0.814. The van der Waals surface area contributed by atoms with Gasteiger partial charge < -0.3 is 5.32 Å². The smallest absolute Gasteiger partial charge is 0.294 e. The van der Waals surface area contributed by atoms with E-state index >= 15 is 0 Å². The predicted molar refractivity (Wildman–Crippen MR) is 116 cm³/mol. The first-order valence-corrected chi connectivity index (χ1v) is 9.53. The highest BCUT2D eigenvalue weighted by Gasteiger charge is 2.21. The van der Waals surface area contributed by atoms with Gasteiger partial charge in [0.1, 0.15) is 18.3 Å². The van der Waals surface area contributed by atoms with Crippen molar-refractivity contribution in [3.05, 3.63) is 97.9 Å². The summed E-state index contributed by atoms with van der Waals surface area (Å²) in [5.41, 5.74) is -0.126. The number of rotatable bonds is 5. The van der Waals surface area contributed by atoms with E-state index in [2.05, 4.69) is 20.5 Å². The van der Waals surface area contributed by atoms with E-state index in [4.69, 9.17) is 11.6 Å². The first kappa shape index (κ1) is 20.9. The molecule has 0 aliphatic heterocycles. The van der Waals surface area contributed by atoms with Crippen LogP contribution in [0.25, 0.3) is 11.4 Å². The average Bonchev–Trinajstić information content (AvgIpc) is 3.28. The van der Waals surface area contributed by atoms with E-state index in [9.17, 15) is 19.7 Å². The van der Waals surface area contributed by atoms with E-state index in [-0.39, 0.29) is 17.1 Å². The zero-order valence-electron chi connectivity index (χ0n) is 16.5. The van der Waals surface area contributed by atoms with Gasteiger partial charge in [-0.1, -0.05) is 23.7 Å². The number of amides is 1. The highest BCUT2D eigenvalue weighted by Crippen LogP contribution is 2.25. The lowest BCUT2D eigenvalue weighted by atomic mass is 10.2. The second-order valence-corrected chi connectivity index (χ2v) is 7.05. The zero-order valence-corrected chi connectivity index (χ0v) is 17.2. The molecule has 11 nitrogen and oxygen atoms in total. The summed E-state index contributed by atoms with van der Waals surface area (Å²) in [6.07, 6.45) is 2.76. The molecule has 0 saturated heterocycles. The van der Waals surface area contributed by atoms with Crippen molar-refractivity contribution in [2.24, 2.45) is 0 Å². The molecule has 0 aliphatic carbocycles. The number of nitro benzene ring substituents is 1. The maximum Gasteiger partial charge on any atom is 0.294 e. The van der Waals surface area contributed by atoms with Crippen molar-refractivity contribution in [1.82, 2.24) is 24.5 Å². The molecule has 0 bridgehead atoms. The number of nitro groups is 1. The number of halogens is 1. The number of carbonyl (C=O) groups is 1. The van der Waals surface area contributed by atoms with E-state index in [1.54, 1.807) is 25.1 Å². The number of aryl methyl sites for hydroxylation is 1. The van der Waals surface area contributed by atoms with E-state index < -0.39 is 22.0 Å². The van der Waals surface area contributed by atoms with Gasteiger partial charge in [0, 0.05) is 22.8 Å². The van der Waals surface area contributed by atoms with Crippen LogP contribution in [0.3, 0.4) is 0 Å². The van der Waals surface area contributed by atoms with Gasteiger partial charge in [-0.3, -0.25) is 19.7 Å². The molecular weight excluding hydrogens is 438 g/mol. The van der Waals surface area contributed by atoms with Crippen LogP contribution < -0.4 is 10.7 Å². The molecule has 1 amide bonds. The number of carbonyl (C=O) groups excluding carboxylic acids is 1. The van der Waals surface area contributed by atoms with Crippen LogP contribution in [0, 0.1) is 17.0 Å². The fraction of sp³-hybridized carbons (Fsp3) is 0.0500. The van der Waals surface area contributed by atoms with Gasteiger partial charge in [0.15, 0.2) is 5.69 Å². The lowest BCUT2D eigenvalue weighted by molar-refractivity contribution is -0.384. The van der Waals surface area contributed by atoms with Crippen LogP contribution in [-0.4, -0.2) is 35.4 Å². The van der Waals surface area contributed by atoms with Crippen molar-refractivity contribution in [3.8, 4) is 11.4 Å². The maximum atomic E-state index is 13.0. The molecule has 0 radical (unpaired) electrons. The van der Waals surface area contributed by atoms with Gasteiger partial charge >= 0.3 is 0 Å². The van der Waals surface area contributed by atoms with E-state index in [0.29, 0.717) is 16.4 Å². The van der Waals surface area contributed by atoms with Crippen LogP contribution in [0.5, 0.6) is 0 Å². The van der Waals surface area contributed by atoms with Gasteiger partial charge in [-0.25, -0.2) is 14.3 Å². The Labute approximate surface area is 185 Å². The molecule has 2 aromatic carbocycles. The summed E-state index contributed by atoms with van der Waals surface area (Å²) < 4.78 is 2.60. The van der Waals surface area contributed by atoms with Gasteiger partial charge in [0.25, 0.3) is 11.6 Å². The van der Waals surface area contributed by atoms with Crippen LogP contribution in [0.1, 0.15) is 16.2 Å². The van der Waals surface area contributed by atoms with Crippen molar-refractivity contribution in [2.75, 3.05) is 5.32 Å². The Hall–Kier alpha value is -4.38. The van der Waals surface area contributed by atoms with Gasteiger partial charge in [-0.05, 0) is 31.2 Å². The molecule has 0 aliphatic rings. The van der Waals surface area contributed by atoms with Gasteiger partial charge in [-0.2, -0.15) is 10.2 Å². The minimum absolute atomic E-state index is 0.120. The summed E-state index contributed by atoms with van der Waals surface area (Å²) in [6, 6.07) is 11.8. The van der Waals surface area contributed by atoms with Crippen molar-refractivity contribution < 1.29 is 9.72 Å². The third-order valence-electron chi connectivity index (χ3n) is 4.50. The maximum absolute atomic E-state index is 13.0. The molecule has 0 unspecified atom stereocenters. The minimum Gasteiger partial charge on any atom is -0.318 e. The highest BCUT2D eigenvalue weighted by molar-refractivity contribution is 6.31. The van der Waals surface area contributed by atoms with Gasteiger partial charge in [-0.15, -0.1) is 0 Å². The number of anilines is 1. The fourth-order valence-electron chi connectivity index (χ4n) is 3.07. The standard InChI is InChI=1S/C20H14ClN7O4/c1-12-8-18(29)19(25-27(12)16-4-2-3-5-17(16)28(31)32)20(30)24-14-9-13(21)6-7-15(14)26-11-22-10-23-26/h2-11H,1H3,(H,24,30). The van der Waals surface area contributed by atoms with Crippen LogP contribution in [-0.2, 0) is 0 Å². The Morgan fingerprint density at radius 2 is 1.94 bits per heavy atom. The molecule has 160 valence electrons. The Morgan fingerprint density at radius 1 is 1.16 bits per heavy atom. The summed E-state index contributed by atoms with van der Waals surface area (Å²) in [5, 5.41) is 22.5. The summed E-state index contributed by atoms with van der Waals surface area (Å²) in [4.78, 5) is 40.2. The summed E-state index contributed by atoms with van der Waals surface area (Å²) in [7, 11) is 0. The highest BCUT2D eigenvalue weighted by atomic mass is 35.5. The topological polar surface area (TPSA) is 138 Å². The van der Waals surface area contributed by atoms with Crippen LogP contribution >= 0.6 is 11.6 Å². The van der Waals surface area contributed by atoms with E-state index in [1.807, 2.05) is 0 Å². The lowest BCUT2D eigenvalue weighted by Crippen LogP contribution is -2.27. The summed E-state index contributed by atoms with van der Waals surface area (Å²) in [6.45, 7) is 1.56. The number of para-hydroxylation sites is 2. The number of hydrogen-bond donors (Lipinski definition) is 1. The second kappa shape index (κ2) is 8.40. The molecule has 1 N–H and O–H groups in total. The molecule has 12 heteroatoms. The summed E-state index contributed by atoms with van der Waals surface area (Å²) >= 11 is 6.07. The third kappa shape index (κ3) is 3.96. The molecule has 0 fully saturated rings. The molecule has 2 heterocycles. The Balaban J connectivity index is 1.77. The largest absolute Gasteiger partial charge is 0.318 e. The fourth-order valence-corrected chi connectivity index (χ4v) is 3.24. The molecule has 4 aromatic rings. The second-order valence-electron chi connectivity index (χ2n) is 6.61. The average molecular weight is 452 g/mol. The molecule has 0 atom stereocenters. The van der Waals surface area contributed by atoms with E-state index in [0.717, 1.165) is 0 Å². The Morgan fingerprint density at radius 3 is 2.66 bits per heavy atom. The summed E-state index contributed by atoms with van der Waals surface area (Å²) in [5.74, 6) is -0.814. The first-order valence-electron chi connectivity index (χ1n) is 9.16. The molecular formula is C20H14ClN7O4. The Kier molecular flexibility index (Phi) is 5.48. The van der Waals surface area contributed by atoms with E-state index in [1.165, 1.54) is 52.4 Å². The van der Waals surface area contributed by atoms with Crippen molar-refractivity contribution in [2.45, 2.75) is 6.92 Å². The number of nitrogens with zero attached hydrogens (tertiary/aromatic N) is 6. The van der Waals surface area contributed by atoms with Crippen LogP contribution in [0.4, 0.5) is 11.4 Å². The van der Waals surface area contributed by atoms with Crippen LogP contribution in [0.2, 0.25) is 5.02 Å². The Bertz CT molecular complexity index is 1400. The predicted octanol–water partition coefficient (Wildman–Crippen LogP) is 2.94. The van der Waals surface area contributed by atoms with Gasteiger partial charge in [0.05, 0.1) is 16.3 Å². The molecule has 32 heavy (non-hydrogen) atoms. The third-order valence-corrected chi connectivity index (χ3v) is 4.74. The number of benzene rings is 2. The molecule has 0 spiro atoms. The first-order chi connectivity index (χ1) is 15.3. The number of nitrogens with one attached hydrogen (secondary N) is 1. The normalized spacial score (nSPS) is 10.7. The van der Waals surface area contributed by atoms with Crippen LogP contribution in [0.15, 0.2) is 66.0 Å². The SMILES string of the molecule is Cc1cc(=O)c(C(=O)Nc2cc(Cl)ccc2-n2cncn2)nn1-c1ccccc1[N+](=O)[O-]. The molecule has 0 saturated carbocycles. The number of hydrogen-bond acceptors (Lipinski definition) is 7. The van der Waals surface area contributed by atoms with Crippen molar-refractivity contribution in [3.63, 3.8) is 0 Å².